The number of hydrogen-bond donors (Lipinski definition) is 0. The molecule has 2 aromatic rings. The summed E-state index contributed by atoms with van der Waals surface area (Å²) in [4.78, 5) is 14.5. The summed E-state index contributed by atoms with van der Waals surface area (Å²) in [7, 11) is 0. The summed E-state index contributed by atoms with van der Waals surface area (Å²) in [5, 5.41) is 0. The Balaban J connectivity index is 1.57. The highest BCUT2D eigenvalue weighted by atomic mass is 79.9. The van der Waals surface area contributed by atoms with Crippen LogP contribution in [-0.4, -0.2) is 23.9 Å². The van der Waals surface area contributed by atoms with Crippen molar-refractivity contribution in [2.75, 3.05) is 13.1 Å². The molecule has 5 heteroatoms. The first-order valence-electron chi connectivity index (χ1n) is 8.49. The summed E-state index contributed by atoms with van der Waals surface area (Å²) in [6.07, 6.45) is 5.83. The molecular weight excluding hydrogens is 370 g/mol. The third kappa shape index (κ3) is 4.63. The van der Waals surface area contributed by atoms with Gasteiger partial charge in [-0.15, -0.1) is 0 Å². The normalized spacial score (nSPS) is 15.6. The second-order valence-corrected chi connectivity index (χ2v) is 6.98. The van der Waals surface area contributed by atoms with Crippen molar-refractivity contribution >= 4 is 21.8 Å². The maximum atomic E-state index is 12.6. The fourth-order valence-electron chi connectivity index (χ4n) is 2.86. The number of rotatable bonds is 4. The quantitative estimate of drug-likeness (QED) is 0.733. The molecule has 128 valence electrons. The van der Waals surface area contributed by atoms with Crippen LogP contribution >= 0.6 is 15.9 Å². The lowest BCUT2D eigenvalue weighted by Gasteiger charge is -2.23. The molecule has 1 saturated heterocycles. The summed E-state index contributed by atoms with van der Waals surface area (Å²) in [6, 6.07) is 11.2. The highest BCUT2D eigenvalue weighted by Gasteiger charge is 2.19. The number of carbonyl (C=O) groups excluding carboxylic acids is 1. The van der Waals surface area contributed by atoms with Crippen LogP contribution in [0.5, 0.6) is 5.75 Å². The van der Waals surface area contributed by atoms with Gasteiger partial charge in [0.2, 0.25) is 0 Å². The summed E-state index contributed by atoms with van der Waals surface area (Å²) in [5.74, 6) is 1.83. The zero-order valence-electron chi connectivity index (χ0n) is 13.7. The first-order valence-corrected chi connectivity index (χ1v) is 9.28. The number of amides is 1. The molecule has 2 heterocycles. The van der Waals surface area contributed by atoms with Gasteiger partial charge in [-0.1, -0.05) is 35.2 Å². The van der Waals surface area contributed by atoms with E-state index in [2.05, 4.69) is 15.9 Å². The SMILES string of the molecule is O=C(c1ccc(COc2ccc(Br)cc2)o1)N1CCCCCCC1. The summed E-state index contributed by atoms with van der Waals surface area (Å²) < 4.78 is 12.4. The van der Waals surface area contributed by atoms with E-state index >= 15 is 0 Å². The average Bonchev–Trinajstić information content (AvgIpc) is 3.02. The Hall–Kier alpha value is -1.75. The zero-order valence-corrected chi connectivity index (χ0v) is 15.3. The Labute approximate surface area is 150 Å². The average molecular weight is 392 g/mol. The van der Waals surface area contributed by atoms with Crippen LogP contribution in [0.15, 0.2) is 45.3 Å². The third-order valence-corrected chi connectivity index (χ3v) is 4.74. The zero-order chi connectivity index (χ0) is 16.8. The van der Waals surface area contributed by atoms with Crippen LogP contribution in [0.3, 0.4) is 0 Å². The summed E-state index contributed by atoms with van der Waals surface area (Å²) >= 11 is 3.39. The Bertz CT molecular complexity index is 658. The van der Waals surface area contributed by atoms with Crippen molar-refractivity contribution in [2.45, 2.75) is 38.7 Å². The molecule has 1 aromatic carbocycles. The van der Waals surface area contributed by atoms with E-state index in [1.807, 2.05) is 35.2 Å². The van der Waals surface area contributed by atoms with Gasteiger partial charge in [-0.2, -0.15) is 0 Å². The number of halogens is 1. The Morgan fingerprint density at radius 1 is 1.00 bits per heavy atom. The molecule has 4 nitrogen and oxygen atoms in total. The lowest BCUT2D eigenvalue weighted by molar-refractivity contribution is 0.0706. The number of likely N-dealkylation sites (tertiary alicyclic amines) is 1. The number of benzene rings is 1. The largest absolute Gasteiger partial charge is 0.486 e. The van der Waals surface area contributed by atoms with Crippen LogP contribution in [0, 0.1) is 0 Å². The van der Waals surface area contributed by atoms with Gasteiger partial charge >= 0.3 is 0 Å². The van der Waals surface area contributed by atoms with Crippen molar-refractivity contribution in [3.05, 3.63) is 52.4 Å². The molecule has 24 heavy (non-hydrogen) atoms. The molecule has 0 atom stereocenters. The van der Waals surface area contributed by atoms with Crippen LogP contribution in [0.4, 0.5) is 0 Å². The van der Waals surface area contributed by atoms with Crippen LogP contribution in [0.1, 0.15) is 48.4 Å². The molecule has 0 aliphatic carbocycles. The fraction of sp³-hybridized carbons (Fsp3) is 0.421. The number of nitrogens with zero attached hydrogens (tertiary/aromatic N) is 1. The van der Waals surface area contributed by atoms with Crippen molar-refractivity contribution in [3.63, 3.8) is 0 Å². The smallest absolute Gasteiger partial charge is 0.289 e. The maximum Gasteiger partial charge on any atom is 0.289 e. The van der Waals surface area contributed by atoms with Crippen LogP contribution < -0.4 is 4.74 Å². The van der Waals surface area contributed by atoms with Crippen molar-refractivity contribution in [1.82, 2.24) is 4.90 Å². The number of ether oxygens (including phenoxy) is 1. The van der Waals surface area contributed by atoms with E-state index in [1.54, 1.807) is 6.07 Å². The molecule has 1 fully saturated rings. The van der Waals surface area contributed by atoms with Gasteiger partial charge < -0.3 is 14.1 Å². The molecule has 1 aliphatic rings. The van der Waals surface area contributed by atoms with Crippen molar-refractivity contribution in [2.24, 2.45) is 0 Å². The van der Waals surface area contributed by atoms with Gasteiger partial charge in [-0.05, 0) is 49.2 Å². The summed E-state index contributed by atoms with van der Waals surface area (Å²) in [6.45, 7) is 1.96. The first-order chi connectivity index (χ1) is 11.7. The van der Waals surface area contributed by atoms with Crippen molar-refractivity contribution in [3.8, 4) is 5.75 Å². The molecule has 1 aliphatic heterocycles. The van der Waals surface area contributed by atoms with E-state index < -0.39 is 0 Å². The first kappa shape index (κ1) is 17.1. The minimum Gasteiger partial charge on any atom is -0.486 e. The molecule has 0 spiro atoms. The Morgan fingerprint density at radius 2 is 1.67 bits per heavy atom. The molecule has 0 N–H and O–H groups in total. The van der Waals surface area contributed by atoms with E-state index in [1.165, 1.54) is 19.3 Å². The molecule has 3 rings (SSSR count). The van der Waals surface area contributed by atoms with Gasteiger partial charge in [0.1, 0.15) is 18.1 Å². The van der Waals surface area contributed by atoms with Gasteiger partial charge in [0, 0.05) is 17.6 Å². The molecule has 1 aromatic heterocycles. The molecule has 0 unspecified atom stereocenters. The van der Waals surface area contributed by atoms with Gasteiger partial charge in [-0.3, -0.25) is 4.79 Å². The lowest BCUT2D eigenvalue weighted by Crippen LogP contribution is -2.33. The Morgan fingerprint density at radius 3 is 2.38 bits per heavy atom. The van der Waals surface area contributed by atoms with Crippen molar-refractivity contribution < 1.29 is 13.9 Å². The number of hydrogen-bond acceptors (Lipinski definition) is 3. The third-order valence-electron chi connectivity index (χ3n) is 4.21. The van der Waals surface area contributed by atoms with Gasteiger partial charge in [-0.25, -0.2) is 0 Å². The minimum absolute atomic E-state index is 0.00760. The van der Waals surface area contributed by atoms with Gasteiger partial charge in [0.15, 0.2) is 5.76 Å². The predicted octanol–water partition coefficient (Wildman–Crippen LogP) is 5.03. The van der Waals surface area contributed by atoms with Gasteiger partial charge in [0.05, 0.1) is 0 Å². The highest BCUT2D eigenvalue weighted by Crippen LogP contribution is 2.19. The number of furan rings is 1. The second-order valence-electron chi connectivity index (χ2n) is 6.07. The van der Waals surface area contributed by atoms with Crippen molar-refractivity contribution in [1.29, 1.82) is 0 Å². The fourth-order valence-corrected chi connectivity index (χ4v) is 3.13. The van der Waals surface area contributed by atoms with Crippen LogP contribution in [-0.2, 0) is 6.61 Å². The van der Waals surface area contributed by atoms with Crippen LogP contribution in [0.25, 0.3) is 0 Å². The monoisotopic (exact) mass is 391 g/mol. The Kier molecular flexibility index (Phi) is 5.96. The molecule has 0 bridgehead atoms. The molecule has 0 radical (unpaired) electrons. The molecule has 1 amide bonds. The lowest BCUT2D eigenvalue weighted by atomic mass is 10.1. The van der Waals surface area contributed by atoms with E-state index in [-0.39, 0.29) is 5.91 Å². The van der Waals surface area contributed by atoms with E-state index in [0.717, 1.165) is 36.2 Å². The second kappa shape index (κ2) is 8.38. The van der Waals surface area contributed by atoms with E-state index in [0.29, 0.717) is 18.1 Å². The van der Waals surface area contributed by atoms with E-state index in [9.17, 15) is 4.79 Å². The van der Waals surface area contributed by atoms with E-state index in [4.69, 9.17) is 9.15 Å². The standard InChI is InChI=1S/C19H22BrNO3/c20-15-6-8-16(9-7-15)23-14-17-10-11-18(24-17)19(22)21-12-4-2-1-3-5-13-21/h6-11H,1-5,12-14H2. The highest BCUT2D eigenvalue weighted by molar-refractivity contribution is 9.10. The minimum atomic E-state index is -0.00760. The van der Waals surface area contributed by atoms with Gasteiger partial charge in [0.25, 0.3) is 5.91 Å². The predicted molar refractivity (Wildman–Crippen MR) is 96.2 cm³/mol. The summed E-state index contributed by atoms with van der Waals surface area (Å²) in [5.41, 5.74) is 0. The topological polar surface area (TPSA) is 42.7 Å². The molecule has 0 saturated carbocycles. The number of carbonyl (C=O) groups is 1. The van der Waals surface area contributed by atoms with Crippen LogP contribution in [0.2, 0.25) is 0 Å². The molecular formula is C19H22BrNO3. The maximum absolute atomic E-state index is 12.6.